The third-order valence-electron chi connectivity index (χ3n) is 10.1. The molecule has 2 aliphatic heterocycles. The van der Waals surface area contributed by atoms with Crippen LogP contribution in [0.1, 0.15) is 27.8 Å². The van der Waals surface area contributed by atoms with Gasteiger partial charge in [-0.05, 0) is 68.0 Å². The Kier molecular flexibility index (Phi) is 4.80. The van der Waals surface area contributed by atoms with Crippen LogP contribution in [0.2, 0.25) is 13.1 Å². The van der Waals surface area contributed by atoms with Crippen molar-refractivity contribution in [2.24, 2.45) is 0 Å². The molecule has 0 amide bonds. The molecule has 0 aliphatic carbocycles. The second-order valence-electron chi connectivity index (χ2n) is 12.4. The van der Waals surface area contributed by atoms with Crippen molar-refractivity contribution in [3.63, 3.8) is 0 Å². The Hall–Kier alpha value is -5.17. The molecule has 2 nitrogen and oxygen atoms in total. The molecular weight excluding hydrogens is 537 g/mol. The first kappa shape index (κ1) is 24.4. The number of fused-ring (bicyclic) bond motifs is 11. The Balaban J connectivity index is 1.52. The molecule has 1 spiro atoms. The molecular formula is C40H28N2Si. The maximum atomic E-state index is 9.50. The lowest BCUT2D eigenvalue weighted by Crippen LogP contribution is -2.64. The van der Waals surface area contributed by atoms with Crippen molar-refractivity contribution in [2.45, 2.75) is 18.5 Å². The third kappa shape index (κ3) is 2.91. The molecule has 0 N–H and O–H groups in total. The van der Waals surface area contributed by atoms with Crippen molar-refractivity contribution in [1.82, 2.24) is 4.57 Å². The summed E-state index contributed by atoms with van der Waals surface area (Å²) in [5, 5.41) is 15.1. The summed E-state index contributed by atoms with van der Waals surface area (Å²) in [7, 11) is -2.19. The molecule has 7 aromatic rings. The molecule has 1 aromatic heterocycles. The standard InChI is InChI=1S/C40H28N2Si/c1-43(2)37-20-8-5-15-32(37)40(34-17-9-12-28(39(34)43)27-23-21-26(25-41)22-24-27)31-14-4-7-19-36(31)42-35-18-6-3-11-29(35)30-13-10-16-33(40)38(30)42/h3-24H,1-2H3. The van der Waals surface area contributed by atoms with E-state index in [9.17, 15) is 5.26 Å². The van der Waals surface area contributed by atoms with Crippen LogP contribution in [0.15, 0.2) is 133 Å². The van der Waals surface area contributed by atoms with E-state index in [-0.39, 0.29) is 0 Å². The predicted octanol–water partition coefficient (Wildman–Crippen LogP) is 8.15. The van der Waals surface area contributed by atoms with Crippen LogP contribution in [-0.4, -0.2) is 12.6 Å². The Morgan fingerprint density at radius 1 is 0.605 bits per heavy atom. The number of aromatic nitrogens is 1. The fourth-order valence-electron chi connectivity index (χ4n) is 8.42. The fraction of sp³-hybridized carbons (Fsp3) is 0.0750. The van der Waals surface area contributed by atoms with Crippen LogP contribution in [0.5, 0.6) is 0 Å². The number of hydrogen-bond donors (Lipinski definition) is 0. The van der Waals surface area contributed by atoms with E-state index in [2.05, 4.69) is 145 Å². The van der Waals surface area contributed by atoms with Crippen LogP contribution in [0.4, 0.5) is 0 Å². The van der Waals surface area contributed by atoms with Gasteiger partial charge in [-0.3, -0.25) is 0 Å². The second kappa shape index (κ2) is 8.44. The van der Waals surface area contributed by atoms with Gasteiger partial charge in [-0.2, -0.15) is 5.26 Å². The lowest BCUT2D eigenvalue weighted by molar-refractivity contribution is 0.732. The van der Waals surface area contributed by atoms with Gasteiger partial charge in [0.15, 0.2) is 0 Å². The van der Waals surface area contributed by atoms with Gasteiger partial charge in [-0.1, -0.05) is 122 Å². The molecule has 0 saturated carbocycles. The zero-order valence-corrected chi connectivity index (χ0v) is 25.1. The topological polar surface area (TPSA) is 28.7 Å². The lowest BCUT2D eigenvalue weighted by Gasteiger charge is -2.50. The van der Waals surface area contributed by atoms with Gasteiger partial charge in [0, 0.05) is 10.8 Å². The van der Waals surface area contributed by atoms with Gasteiger partial charge in [0.25, 0.3) is 0 Å². The highest BCUT2D eigenvalue weighted by Crippen LogP contribution is 2.55. The normalized spacial score (nSPS) is 17.3. The summed E-state index contributed by atoms with van der Waals surface area (Å²) < 4.78 is 2.50. The van der Waals surface area contributed by atoms with Crippen molar-refractivity contribution < 1.29 is 0 Å². The lowest BCUT2D eigenvalue weighted by atomic mass is 9.62. The number of para-hydroxylation sites is 3. The molecule has 3 heteroatoms. The number of nitriles is 1. The average Bonchev–Trinajstić information content (AvgIpc) is 3.40. The summed E-state index contributed by atoms with van der Waals surface area (Å²) in [6.07, 6.45) is 0. The molecule has 1 atom stereocenters. The summed E-state index contributed by atoms with van der Waals surface area (Å²) in [5.74, 6) is 0. The van der Waals surface area contributed by atoms with E-state index in [1.165, 1.54) is 71.2 Å². The highest BCUT2D eigenvalue weighted by Gasteiger charge is 2.53. The molecule has 0 saturated heterocycles. The Morgan fingerprint density at radius 2 is 1.26 bits per heavy atom. The first-order valence-electron chi connectivity index (χ1n) is 14.9. The zero-order chi connectivity index (χ0) is 28.9. The highest BCUT2D eigenvalue weighted by atomic mass is 28.3. The molecule has 0 bridgehead atoms. The van der Waals surface area contributed by atoms with E-state index in [1.807, 2.05) is 12.1 Å². The van der Waals surface area contributed by atoms with E-state index in [1.54, 1.807) is 0 Å². The summed E-state index contributed by atoms with van der Waals surface area (Å²) in [4.78, 5) is 0. The van der Waals surface area contributed by atoms with E-state index in [0.29, 0.717) is 5.56 Å². The Bertz CT molecular complexity index is 2330. The van der Waals surface area contributed by atoms with Crippen LogP contribution in [0.25, 0.3) is 38.6 Å². The molecule has 6 aromatic carbocycles. The maximum absolute atomic E-state index is 9.50. The molecule has 9 rings (SSSR count). The predicted molar refractivity (Wildman–Crippen MR) is 180 cm³/mol. The zero-order valence-electron chi connectivity index (χ0n) is 24.1. The molecule has 0 fully saturated rings. The van der Waals surface area contributed by atoms with Crippen LogP contribution < -0.4 is 10.4 Å². The van der Waals surface area contributed by atoms with E-state index >= 15 is 0 Å². The van der Waals surface area contributed by atoms with Crippen molar-refractivity contribution in [3.05, 3.63) is 161 Å². The second-order valence-corrected chi connectivity index (χ2v) is 16.7. The monoisotopic (exact) mass is 564 g/mol. The molecule has 2 aliphatic rings. The molecule has 43 heavy (non-hydrogen) atoms. The smallest absolute Gasteiger partial charge is 0.113 e. The third-order valence-corrected chi connectivity index (χ3v) is 13.6. The minimum Gasteiger partial charge on any atom is -0.309 e. The number of benzene rings is 6. The fourth-order valence-corrected chi connectivity index (χ4v) is 12.0. The van der Waals surface area contributed by atoms with Gasteiger partial charge < -0.3 is 4.57 Å². The summed E-state index contributed by atoms with van der Waals surface area (Å²) in [5.41, 5.74) is 11.9. The number of rotatable bonds is 1. The SMILES string of the molecule is C[Si]1(C)c2ccccc2C2(c3ccccc3-n3c4ccccc4c4cccc2c43)c2cccc(-c3ccc(C#N)cc3)c21. The Morgan fingerprint density at radius 3 is 2.09 bits per heavy atom. The van der Waals surface area contributed by atoms with Crippen molar-refractivity contribution in [3.8, 4) is 22.9 Å². The van der Waals surface area contributed by atoms with Gasteiger partial charge in [0.1, 0.15) is 8.07 Å². The van der Waals surface area contributed by atoms with Gasteiger partial charge in [0.05, 0.1) is 33.8 Å². The van der Waals surface area contributed by atoms with Gasteiger partial charge >= 0.3 is 0 Å². The largest absolute Gasteiger partial charge is 0.309 e. The number of hydrogen-bond acceptors (Lipinski definition) is 1. The van der Waals surface area contributed by atoms with Crippen LogP contribution in [0.3, 0.4) is 0 Å². The summed E-state index contributed by atoms with van der Waals surface area (Å²) >= 11 is 0. The maximum Gasteiger partial charge on any atom is 0.113 e. The van der Waals surface area contributed by atoms with E-state index in [0.717, 1.165) is 0 Å². The first-order valence-corrected chi connectivity index (χ1v) is 17.9. The molecule has 3 heterocycles. The number of nitrogens with zero attached hydrogens (tertiary/aromatic N) is 2. The van der Waals surface area contributed by atoms with Crippen molar-refractivity contribution in [1.29, 1.82) is 5.26 Å². The summed E-state index contributed by atoms with van der Waals surface area (Å²) in [6.45, 7) is 5.02. The van der Waals surface area contributed by atoms with Crippen LogP contribution >= 0.6 is 0 Å². The van der Waals surface area contributed by atoms with Gasteiger partial charge in [-0.25, -0.2) is 0 Å². The van der Waals surface area contributed by atoms with E-state index in [4.69, 9.17) is 0 Å². The van der Waals surface area contributed by atoms with Gasteiger partial charge in [0.2, 0.25) is 0 Å². The first-order chi connectivity index (χ1) is 21.1. The quantitative estimate of drug-likeness (QED) is 0.185. The average molecular weight is 565 g/mol. The molecule has 0 radical (unpaired) electrons. The minimum atomic E-state index is -2.19. The molecule has 1 unspecified atom stereocenters. The minimum absolute atomic E-state index is 0.475. The van der Waals surface area contributed by atoms with Crippen LogP contribution in [-0.2, 0) is 5.41 Å². The van der Waals surface area contributed by atoms with Crippen molar-refractivity contribution in [2.75, 3.05) is 0 Å². The van der Waals surface area contributed by atoms with Crippen molar-refractivity contribution >= 4 is 40.3 Å². The summed E-state index contributed by atoms with van der Waals surface area (Å²) in [6, 6.07) is 51.5. The highest BCUT2D eigenvalue weighted by molar-refractivity contribution is 7.02. The molecule has 202 valence electrons. The van der Waals surface area contributed by atoms with E-state index < -0.39 is 13.5 Å². The van der Waals surface area contributed by atoms with Crippen LogP contribution in [0, 0.1) is 11.3 Å². The van der Waals surface area contributed by atoms with Gasteiger partial charge in [-0.15, -0.1) is 0 Å². The Labute approximate surface area is 252 Å².